The van der Waals surface area contributed by atoms with Crippen LogP contribution in [0.2, 0.25) is 0 Å². The summed E-state index contributed by atoms with van der Waals surface area (Å²) < 4.78 is 70.8. The summed E-state index contributed by atoms with van der Waals surface area (Å²) in [6, 6.07) is 17.3. The summed E-state index contributed by atoms with van der Waals surface area (Å²) in [5, 5.41) is 10.6. The van der Waals surface area contributed by atoms with Crippen LogP contribution in [0.1, 0.15) is 27.8 Å². The Kier molecular flexibility index (Phi) is 14.2. The van der Waals surface area contributed by atoms with E-state index in [0.717, 1.165) is 66.3 Å². The number of halogens is 1. The first-order chi connectivity index (χ1) is 20.8. The minimum Gasteiger partial charge on any atom is -0.491 e. The van der Waals surface area contributed by atoms with Crippen LogP contribution in [0.25, 0.3) is 0 Å². The van der Waals surface area contributed by atoms with E-state index in [2.05, 4.69) is 34.1 Å². The van der Waals surface area contributed by atoms with Crippen molar-refractivity contribution in [1.29, 1.82) is 0 Å². The molecule has 1 saturated heterocycles. The van der Waals surface area contributed by atoms with Gasteiger partial charge in [0.15, 0.2) is 0 Å². The largest absolute Gasteiger partial charge is 0.491 e. The van der Waals surface area contributed by atoms with Crippen molar-refractivity contribution in [1.82, 2.24) is 4.90 Å². The van der Waals surface area contributed by atoms with Crippen molar-refractivity contribution < 1.29 is 40.2 Å². The minimum atomic E-state index is -3.67. The highest BCUT2D eigenvalue weighted by Crippen LogP contribution is 2.29. The molecule has 45 heavy (non-hydrogen) atoms. The number of piperazine rings is 1. The molecule has 0 radical (unpaired) electrons. The van der Waals surface area contributed by atoms with Crippen molar-refractivity contribution in [2.24, 2.45) is 0 Å². The predicted molar refractivity (Wildman–Crippen MR) is 176 cm³/mol. The number of aliphatic hydroxyl groups excluding tert-OH is 1. The summed E-state index contributed by atoms with van der Waals surface area (Å²) in [6.45, 7) is 10.5. The number of aliphatic hydroxyl groups is 1. The van der Waals surface area contributed by atoms with Gasteiger partial charge in [-0.15, -0.1) is 0 Å². The van der Waals surface area contributed by atoms with E-state index in [1.54, 1.807) is 0 Å². The number of aryl methyl sites for hydroxylation is 1. The number of rotatable bonds is 8. The fourth-order valence-electron chi connectivity index (χ4n) is 4.60. The molecule has 4 rings (SSSR count). The molecule has 0 aromatic heterocycles. The van der Waals surface area contributed by atoms with Gasteiger partial charge in [-0.25, -0.2) is 4.39 Å². The predicted octanol–water partition coefficient (Wildman–Crippen LogP) is 3.49. The summed E-state index contributed by atoms with van der Waals surface area (Å²) in [4.78, 5) is 4.67. The van der Waals surface area contributed by atoms with Crippen LogP contribution in [0.5, 0.6) is 5.75 Å². The van der Waals surface area contributed by atoms with Crippen LogP contribution in [0, 0.1) is 26.6 Å². The summed E-state index contributed by atoms with van der Waals surface area (Å²) in [7, 11) is -7.33. The SMILES string of the molecule is CS(=O)(=O)O.CS(=O)(=O)O.Cc1cc(OC[C@@H](O)CN2CCN(c3ccc(Cc4ccc(F)cc4)cc3)CC2)c(C)c(C)c1N. The van der Waals surface area contributed by atoms with Gasteiger partial charge in [-0.1, -0.05) is 24.3 Å². The fourth-order valence-corrected chi connectivity index (χ4v) is 4.60. The summed E-state index contributed by atoms with van der Waals surface area (Å²) in [5.74, 6) is 0.589. The molecular formula is C31H44FN3O8S2. The lowest BCUT2D eigenvalue weighted by Crippen LogP contribution is -2.49. The van der Waals surface area contributed by atoms with Crippen molar-refractivity contribution in [3.05, 3.63) is 88.2 Å². The maximum Gasteiger partial charge on any atom is 0.261 e. The highest BCUT2D eigenvalue weighted by Gasteiger charge is 2.20. The first-order valence-corrected chi connectivity index (χ1v) is 17.8. The lowest BCUT2D eigenvalue weighted by molar-refractivity contribution is 0.0660. The molecule has 0 bridgehead atoms. The molecule has 3 aromatic carbocycles. The van der Waals surface area contributed by atoms with Gasteiger partial charge < -0.3 is 20.5 Å². The van der Waals surface area contributed by atoms with E-state index in [1.807, 2.05) is 39.0 Å². The number of benzene rings is 3. The van der Waals surface area contributed by atoms with Crippen LogP contribution in [0.3, 0.4) is 0 Å². The Morgan fingerprint density at radius 1 is 0.844 bits per heavy atom. The smallest absolute Gasteiger partial charge is 0.261 e. The molecule has 0 unspecified atom stereocenters. The van der Waals surface area contributed by atoms with Crippen LogP contribution in [0.15, 0.2) is 54.6 Å². The van der Waals surface area contributed by atoms with Gasteiger partial charge in [0, 0.05) is 44.1 Å². The van der Waals surface area contributed by atoms with Crippen molar-refractivity contribution >= 4 is 31.6 Å². The molecule has 0 saturated carbocycles. The number of β-amino-alcohol motifs (C(OH)–C–C–N with tert-alkyl or cyclic N) is 1. The van der Waals surface area contributed by atoms with Gasteiger partial charge in [0.2, 0.25) is 0 Å². The van der Waals surface area contributed by atoms with Gasteiger partial charge in [-0.3, -0.25) is 14.0 Å². The number of nitrogens with two attached hydrogens (primary N) is 1. The van der Waals surface area contributed by atoms with Gasteiger partial charge in [0.25, 0.3) is 20.2 Å². The highest BCUT2D eigenvalue weighted by molar-refractivity contribution is 7.85. The fraction of sp³-hybridized carbons (Fsp3) is 0.419. The molecule has 3 aromatic rings. The maximum atomic E-state index is 13.1. The average molecular weight is 670 g/mol. The number of hydrogen-bond acceptors (Lipinski definition) is 9. The van der Waals surface area contributed by atoms with E-state index < -0.39 is 26.3 Å². The minimum absolute atomic E-state index is 0.203. The van der Waals surface area contributed by atoms with Gasteiger partial charge in [-0.05, 0) is 85.3 Å². The molecule has 0 amide bonds. The van der Waals surface area contributed by atoms with Crippen LogP contribution < -0.4 is 15.4 Å². The quantitative estimate of drug-likeness (QED) is 0.205. The maximum absolute atomic E-state index is 13.1. The Hall–Kier alpha value is -3.27. The second-order valence-corrected chi connectivity index (χ2v) is 14.0. The molecule has 5 N–H and O–H groups in total. The summed E-state index contributed by atoms with van der Waals surface area (Å²) in [5.41, 5.74) is 13.5. The first kappa shape index (κ1) is 37.9. The van der Waals surface area contributed by atoms with E-state index in [4.69, 9.17) is 19.6 Å². The van der Waals surface area contributed by atoms with Crippen molar-refractivity contribution in [2.75, 3.05) is 62.5 Å². The van der Waals surface area contributed by atoms with E-state index in [9.17, 15) is 26.3 Å². The van der Waals surface area contributed by atoms with Gasteiger partial charge in [0.05, 0.1) is 12.5 Å². The normalized spacial score (nSPS) is 14.5. The van der Waals surface area contributed by atoms with Crippen LogP contribution in [-0.2, 0) is 26.7 Å². The van der Waals surface area contributed by atoms with Gasteiger partial charge in [-0.2, -0.15) is 16.8 Å². The number of ether oxygens (including phenoxy) is 1. The molecule has 1 aliphatic rings. The molecule has 0 aliphatic carbocycles. The van der Waals surface area contributed by atoms with Crippen LogP contribution in [0.4, 0.5) is 15.8 Å². The van der Waals surface area contributed by atoms with Crippen LogP contribution in [-0.4, -0.2) is 93.9 Å². The number of nitrogen functional groups attached to an aromatic ring is 1. The Morgan fingerprint density at radius 2 is 1.31 bits per heavy atom. The zero-order valence-electron chi connectivity index (χ0n) is 26.3. The van der Waals surface area contributed by atoms with Crippen molar-refractivity contribution in [3.8, 4) is 5.75 Å². The molecule has 14 heteroatoms. The third-order valence-electron chi connectivity index (χ3n) is 7.00. The van der Waals surface area contributed by atoms with Gasteiger partial charge >= 0.3 is 0 Å². The van der Waals surface area contributed by atoms with Crippen LogP contribution >= 0.6 is 0 Å². The molecule has 1 aliphatic heterocycles. The van der Waals surface area contributed by atoms with Crippen molar-refractivity contribution in [2.45, 2.75) is 33.3 Å². The Balaban J connectivity index is 0.000000613. The average Bonchev–Trinajstić information content (AvgIpc) is 2.93. The van der Waals surface area contributed by atoms with Gasteiger partial charge in [0.1, 0.15) is 24.3 Å². The Labute approximate surface area is 265 Å². The molecule has 250 valence electrons. The Bertz CT molecular complexity index is 1550. The highest BCUT2D eigenvalue weighted by atomic mass is 32.2. The zero-order chi connectivity index (χ0) is 33.9. The lowest BCUT2D eigenvalue weighted by atomic mass is 10.0. The van der Waals surface area contributed by atoms with E-state index >= 15 is 0 Å². The second kappa shape index (κ2) is 16.9. The van der Waals surface area contributed by atoms with Crippen molar-refractivity contribution in [3.63, 3.8) is 0 Å². The molecule has 1 fully saturated rings. The third-order valence-corrected chi connectivity index (χ3v) is 7.00. The number of hydrogen-bond donors (Lipinski definition) is 4. The standard InChI is InChI=1S/C29H36FN3O2.2CH4O3S/c1-20-16-28(21(2)22(3)29(20)31)35-19-27(34)18-32-12-14-33(15-13-32)26-10-6-24(7-11-26)17-23-4-8-25(30)9-5-23;2*1-5(2,3)4/h4-11,16,27,34H,12-15,17-19,31H2,1-3H3;2*1H3,(H,2,3,4)/t27-;;/m0../s1. The van der Waals surface area contributed by atoms with E-state index in [-0.39, 0.29) is 12.4 Å². The summed E-state index contributed by atoms with van der Waals surface area (Å²) in [6.07, 6.45) is 1.67. The molecular weight excluding hydrogens is 625 g/mol. The zero-order valence-corrected chi connectivity index (χ0v) is 27.9. The Morgan fingerprint density at radius 3 is 1.80 bits per heavy atom. The topological polar surface area (TPSA) is 171 Å². The first-order valence-electron chi connectivity index (χ1n) is 14.1. The molecule has 1 heterocycles. The number of nitrogens with zero attached hydrogens (tertiary/aromatic N) is 2. The third kappa shape index (κ3) is 15.0. The molecule has 1 atom stereocenters. The number of anilines is 2. The monoisotopic (exact) mass is 669 g/mol. The second-order valence-electron chi connectivity index (χ2n) is 11.0. The lowest BCUT2D eigenvalue weighted by Gasteiger charge is -2.37. The molecule has 11 nitrogen and oxygen atoms in total. The summed E-state index contributed by atoms with van der Waals surface area (Å²) >= 11 is 0. The van der Waals surface area contributed by atoms with E-state index in [1.165, 1.54) is 23.4 Å². The molecule has 0 spiro atoms. The van der Waals surface area contributed by atoms with E-state index in [0.29, 0.717) is 19.1 Å².